The van der Waals surface area contributed by atoms with Crippen LogP contribution in [0.15, 0.2) is 54.7 Å². The Morgan fingerprint density at radius 3 is 2.47 bits per heavy atom. The van der Waals surface area contributed by atoms with Crippen molar-refractivity contribution in [2.75, 3.05) is 44.8 Å². The van der Waals surface area contributed by atoms with Gasteiger partial charge >= 0.3 is 12.3 Å². The SMILES string of the molecule is CN1CCC(N(C)Cc2ccc(NC(=O)Cc3cccc(C#Cc4cnc(N)nc4-c4cc5c(n4C)CCN(C(=O)OC(C)(C)C)C5=O)c3)cc2C(F)(F)F)CC1. The minimum Gasteiger partial charge on any atom is -0.443 e. The molecule has 0 bridgehead atoms. The summed E-state index contributed by atoms with van der Waals surface area (Å²) in [5.74, 6) is 5.20. The number of hydrogen-bond donors (Lipinski definition) is 2. The Bertz CT molecular complexity index is 2240. The molecule has 1 fully saturated rings. The number of hydrogen-bond acceptors (Lipinski definition) is 9. The average Bonchev–Trinajstić information content (AvgIpc) is 3.47. The molecule has 2 aliphatic rings. The molecule has 57 heavy (non-hydrogen) atoms. The fourth-order valence-electron chi connectivity index (χ4n) is 7.17. The molecule has 0 saturated carbocycles. The first kappa shape index (κ1) is 40.9. The second-order valence-corrected chi connectivity index (χ2v) is 15.6. The van der Waals surface area contributed by atoms with Crippen LogP contribution in [-0.4, -0.2) is 92.5 Å². The number of halogens is 3. The lowest BCUT2D eigenvalue weighted by atomic mass is 10.0. The predicted octanol–water partition coefficient (Wildman–Crippen LogP) is 6.12. The van der Waals surface area contributed by atoms with Gasteiger partial charge in [0, 0.05) is 55.7 Å². The Kier molecular flexibility index (Phi) is 11.8. The van der Waals surface area contributed by atoms with Crippen molar-refractivity contribution in [3.8, 4) is 23.2 Å². The first-order chi connectivity index (χ1) is 26.9. The lowest BCUT2D eigenvalue weighted by Gasteiger charge is -2.35. The number of alkyl halides is 3. The number of carbonyl (C=O) groups excluding carboxylic acids is 3. The highest BCUT2D eigenvalue weighted by atomic mass is 19.4. The number of carbonyl (C=O) groups is 3. The largest absolute Gasteiger partial charge is 0.443 e. The van der Waals surface area contributed by atoms with Crippen LogP contribution in [0.25, 0.3) is 11.4 Å². The number of ether oxygens (including phenoxy) is 1. The molecule has 15 heteroatoms. The molecular weight excluding hydrogens is 738 g/mol. The Hall–Kier alpha value is -5.72. The highest BCUT2D eigenvalue weighted by Gasteiger charge is 2.36. The zero-order valence-electron chi connectivity index (χ0n) is 33.0. The van der Waals surface area contributed by atoms with Crippen molar-refractivity contribution < 1.29 is 32.3 Å². The highest BCUT2D eigenvalue weighted by molar-refractivity contribution is 6.05. The molecule has 0 unspecified atom stereocenters. The number of likely N-dealkylation sites (tertiary alicyclic amines) is 1. The minimum absolute atomic E-state index is 0.00131. The lowest BCUT2D eigenvalue weighted by molar-refractivity contribution is -0.138. The van der Waals surface area contributed by atoms with E-state index in [1.54, 1.807) is 58.2 Å². The van der Waals surface area contributed by atoms with E-state index in [-0.39, 0.29) is 42.8 Å². The number of rotatable bonds is 7. The third kappa shape index (κ3) is 9.81. The number of piperidine rings is 1. The molecule has 1 saturated heterocycles. The smallest absolute Gasteiger partial charge is 0.417 e. The summed E-state index contributed by atoms with van der Waals surface area (Å²) in [4.78, 5) is 53.2. The number of nitrogens with one attached hydrogen (secondary N) is 1. The number of imide groups is 1. The third-order valence-electron chi connectivity index (χ3n) is 10.1. The van der Waals surface area contributed by atoms with Crippen LogP contribution in [0.5, 0.6) is 0 Å². The molecular formula is C42H47F3N8O4. The van der Waals surface area contributed by atoms with Gasteiger partial charge in [0.1, 0.15) is 11.3 Å². The van der Waals surface area contributed by atoms with Crippen LogP contribution >= 0.6 is 0 Å². The Morgan fingerprint density at radius 1 is 1.04 bits per heavy atom. The van der Waals surface area contributed by atoms with Gasteiger partial charge in [-0.2, -0.15) is 13.2 Å². The van der Waals surface area contributed by atoms with Gasteiger partial charge in [-0.15, -0.1) is 0 Å². The topological polar surface area (TPSA) is 139 Å². The van der Waals surface area contributed by atoms with E-state index in [4.69, 9.17) is 10.5 Å². The second-order valence-electron chi connectivity index (χ2n) is 15.6. The third-order valence-corrected chi connectivity index (χ3v) is 10.1. The quantitative estimate of drug-likeness (QED) is 0.212. The van der Waals surface area contributed by atoms with E-state index in [1.165, 1.54) is 18.3 Å². The summed E-state index contributed by atoms with van der Waals surface area (Å²) in [6, 6.07) is 12.7. The number of benzene rings is 2. The highest BCUT2D eigenvalue weighted by Crippen LogP contribution is 2.35. The number of nitrogen functional groups attached to an aromatic ring is 1. The van der Waals surface area contributed by atoms with Crippen molar-refractivity contribution in [3.05, 3.63) is 93.8 Å². The molecule has 2 aromatic carbocycles. The number of amides is 3. The summed E-state index contributed by atoms with van der Waals surface area (Å²) in [5, 5.41) is 2.63. The monoisotopic (exact) mass is 784 g/mol. The van der Waals surface area contributed by atoms with Gasteiger partial charge < -0.3 is 25.3 Å². The number of nitrogens with zero attached hydrogens (tertiary/aromatic N) is 6. The second kappa shape index (κ2) is 16.4. The maximum absolute atomic E-state index is 14.2. The van der Waals surface area contributed by atoms with E-state index < -0.39 is 35.2 Å². The maximum atomic E-state index is 14.2. The maximum Gasteiger partial charge on any atom is 0.417 e. The van der Waals surface area contributed by atoms with Crippen LogP contribution in [0.1, 0.15) is 77.5 Å². The molecule has 4 heterocycles. The van der Waals surface area contributed by atoms with Crippen LogP contribution in [0.3, 0.4) is 0 Å². The van der Waals surface area contributed by atoms with Crippen molar-refractivity contribution in [1.82, 2.24) is 29.2 Å². The Morgan fingerprint density at radius 2 is 1.77 bits per heavy atom. The van der Waals surface area contributed by atoms with Crippen LogP contribution in [0, 0.1) is 11.8 Å². The number of anilines is 2. The Labute approximate surface area is 330 Å². The van der Waals surface area contributed by atoms with E-state index in [9.17, 15) is 27.6 Å². The van der Waals surface area contributed by atoms with Gasteiger partial charge in [0.25, 0.3) is 5.91 Å². The molecule has 12 nitrogen and oxygen atoms in total. The van der Waals surface area contributed by atoms with Gasteiger partial charge in [0.05, 0.1) is 28.8 Å². The van der Waals surface area contributed by atoms with Crippen LogP contribution in [0.2, 0.25) is 0 Å². The summed E-state index contributed by atoms with van der Waals surface area (Å²) in [5.41, 5.74) is 8.26. The molecule has 300 valence electrons. The van der Waals surface area contributed by atoms with E-state index in [1.807, 2.05) is 23.6 Å². The molecule has 0 radical (unpaired) electrons. The van der Waals surface area contributed by atoms with Gasteiger partial charge in [-0.1, -0.05) is 30.0 Å². The van der Waals surface area contributed by atoms with Crippen molar-refractivity contribution in [1.29, 1.82) is 0 Å². The normalized spacial score (nSPS) is 15.3. The predicted molar refractivity (Wildman–Crippen MR) is 210 cm³/mol. The van der Waals surface area contributed by atoms with Crippen LogP contribution in [-0.2, 0) is 42.1 Å². The van der Waals surface area contributed by atoms with Gasteiger partial charge in [-0.3, -0.25) is 14.5 Å². The molecule has 0 aliphatic carbocycles. The summed E-state index contributed by atoms with van der Waals surface area (Å²) in [7, 11) is 5.69. The van der Waals surface area contributed by atoms with E-state index >= 15 is 0 Å². The summed E-state index contributed by atoms with van der Waals surface area (Å²) >= 11 is 0. The summed E-state index contributed by atoms with van der Waals surface area (Å²) in [6.45, 7) is 7.31. The zero-order valence-corrected chi connectivity index (χ0v) is 33.0. The van der Waals surface area contributed by atoms with Crippen molar-refractivity contribution >= 4 is 29.5 Å². The number of fused-ring (bicyclic) bond motifs is 1. The summed E-state index contributed by atoms with van der Waals surface area (Å²) < 4.78 is 49.9. The average molecular weight is 785 g/mol. The fraction of sp³-hybridized carbons (Fsp3) is 0.405. The molecule has 3 N–H and O–H groups in total. The lowest BCUT2D eigenvalue weighted by Crippen LogP contribution is -2.44. The molecule has 4 aromatic rings. The minimum atomic E-state index is -4.59. The van der Waals surface area contributed by atoms with E-state index in [0.29, 0.717) is 40.1 Å². The summed E-state index contributed by atoms with van der Waals surface area (Å²) in [6.07, 6.45) is -1.73. The van der Waals surface area contributed by atoms with Crippen molar-refractivity contribution in [3.63, 3.8) is 0 Å². The molecule has 0 atom stereocenters. The Balaban J connectivity index is 1.16. The van der Waals surface area contributed by atoms with Crippen molar-refractivity contribution in [2.45, 2.75) is 70.8 Å². The first-order valence-electron chi connectivity index (χ1n) is 18.7. The number of nitrogens with two attached hydrogens (primary N) is 1. The standard InChI is InChI=1S/C42H47F3N8O4/c1-41(2,3)57-40(56)53-19-16-34-32(38(53)55)23-35(52(34)6)37-28(24-47-39(46)49-37)11-10-26-8-7-9-27(20-26)21-36(54)48-30-13-12-29(33(22-30)42(43,44)45)25-51(5)31-14-17-50(4)18-15-31/h7-9,12-13,20,22-24,31H,14-19,21,25H2,1-6H3,(H,48,54)(H2,46,47,49). The molecule has 2 aliphatic heterocycles. The molecule has 2 aromatic heterocycles. The van der Waals surface area contributed by atoms with Crippen LogP contribution < -0.4 is 11.1 Å². The zero-order chi connectivity index (χ0) is 41.2. The van der Waals surface area contributed by atoms with E-state index in [2.05, 4.69) is 32.0 Å². The van der Waals surface area contributed by atoms with Gasteiger partial charge in [-0.05, 0) is 102 Å². The van der Waals surface area contributed by atoms with Gasteiger partial charge in [0.2, 0.25) is 11.9 Å². The fourth-order valence-corrected chi connectivity index (χ4v) is 7.17. The molecule has 3 amide bonds. The number of aromatic nitrogens is 3. The van der Waals surface area contributed by atoms with Crippen LogP contribution in [0.4, 0.5) is 29.6 Å². The first-order valence-corrected chi connectivity index (χ1v) is 18.7. The van der Waals surface area contributed by atoms with E-state index in [0.717, 1.165) is 42.6 Å². The van der Waals surface area contributed by atoms with Gasteiger partial charge in [0.15, 0.2) is 0 Å². The molecule has 6 rings (SSSR count). The van der Waals surface area contributed by atoms with Crippen molar-refractivity contribution in [2.24, 2.45) is 7.05 Å². The molecule has 0 spiro atoms. The van der Waals surface area contributed by atoms with Gasteiger partial charge in [-0.25, -0.2) is 19.7 Å².